The molecule has 0 saturated carbocycles. The van der Waals surface area contributed by atoms with Crippen LogP contribution in [0, 0.1) is 12.8 Å². The molecule has 0 aliphatic carbocycles. The number of likely N-dealkylation sites (tertiary alicyclic amines) is 1. The van der Waals surface area contributed by atoms with Crippen molar-refractivity contribution in [1.82, 2.24) is 15.1 Å². The van der Waals surface area contributed by atoms with Crippen LogP contribution >= 0.6 is 22.9 Å². The van der Waals surface area contributed by atoms with E-state index in [0.717, 1.165) is 42.0 Å². The summed E-state index contributed by atoms with van der Waals surface area (Å²) in [5.74, 6) is 1.32. The second-order valence-corrected chi connectivity index (χ2v) is 7.37. The summed E-state index contributed by atoms with van der Waals surface area (Å²) in [6.45, 7) is 5.78. The van der Waals surface area contributed by atoms with Crippen LogP contribution in [0.5, 0.6) is 5.75 Å². The first-order chi connectivity index (χ1) is 10.7. The number of halogens is 1. The highest BCUT2D eigenvalue weighted by Gasteiger charge is 2.21. The van der Waals surface area contributed by atoms with Crippen LogP contribution in [0.4, 0.5) is 0 Å². The first-order valence-electron chi connectivity index (χ1n) is 7.59. The molecule has 0 bridgehead atoms. The highest BCUT2D eigenvalue weighted by molar-refractivity contribution is 7.11. The maximum Gasteiger partial charge on any atom is 0.137 e. The summed E-state index contributed by atoms with van der Waals surface area (Å²) in [5, 5.41) is 11.1. The topological polar surface area (TPSA) is 38.2 Å². The van der Waals surface area contributed by atoms with Crippen molar-refractivity contribution in [2.24, 2.45) is 5.92 Å². The van der Waals surface area contributed by atoms with Crippen LogP contribution in [0.25, 0.3) is 0 Å². The molecule has 0 radical (unpaired) electrons. The molecule has 6 heteroatoms. The summed E-state index contributed by atoms with van der Waals surface area (Å²) in [5.41, 5.74) is 0. The summed E-state index contributed by atoms with van der Waals surface area (Å²) >= 11 is 7.81. The average Bonchev–Trinajstić information content (AvgIpc) is 2.92. The Balaban J connectivity index is 1.51. The Morgan fingerprint density at radius 3 is 3.00 bits per heavy atom. The van der Waals surface area contributed by atoms with E-state index < -0.39 is 0 Å². The molecule has 0 spiro atoms. The van der Waals surface area contributed by atoms with Gasteiger partial charge in [0.15, 0.2) is 0 Å². The number of para-hydroxylation sites is 1. The lowest BCUT2D eigenvalue weighted by molar-refractivity contribution is 0.125. The number of piperidine rings is 1. The van der Waals surface area contributed by atoms with E-state index in [9.17, 15) is 0 Å². The Labute approximate surface area is 140 Å². The molecule has 0 unspecified atom stereocenters. The minimum atomic E-state index is 0.541. The van der Waals surface area contributed by atoms with Crippen molar-refractivity contribution < 1.29 is 4.74 Å². The van der Waals surface area contributed by atoms with Crippen molar-refractivity contribution in [2.45, 2.75) is 26.3 Å². The van der Waals surface area contributed by atoms with Gasteiger partial charge in [-0.05, 0) is 38.4 Å². The van der Waals surface area contributed by atoms with Crippen molar-refractivity contribution in [3.05, 3.63) is 39.3 Å². The van der Waals surface area contributed by atoms with Crippen LogP contribution in [0.1, 0.15) is 22.9 Å². The SMILES string of the molecule is Cc1nnc(CN2CCC[C@@H](COc3ccccc3Cl)C2)s1. The number of hydrogen-bond acceptors (Lipinski definition) is 5. The third-order valence-electron chi connectivity index (χ3n) is 3.84. The Morgan fingerprint density at radius 2 is 2.23 bits per heavy atom. The number of ether oxygens (including phenoxy) is 1. The first kappa shape index (κ1) is 15.7. The Bertz CT molecular complexity index is 619. The lowest BCUT2D eigenvalue weighted by Crippen LogP contribution is -2.37. The zero-order chi connectivity index (χ0) is 15.4. The molecule has 1 saturated heterocycles. The summed E-state index contributed by atoms with van der Waals surface area (Å²) in [7, 11) is 0. The second-order valence-electron chi connectivity index (χ2n) is 5.70. The standard InChI is InChI=1S/C16H20ClN3OS/c1-12-18-19-16(22-12)10-20-8-4-5-13(9-20)11-21-15-7-3-2-6-14(15)17/h2-3,6-7,13H,4-5,8-11H2,1H3/t13-/m1/s1. The monoisotopic (exact) mass is 337 g/mol. The molecule has 0 N–H and O–H groups in total. The predicted molar refractivity (Wildman–Crippen MR) is 89.6 cm³/mol. The maximum absolute atomic E-state index is 6.13. The van der Waals surface area contributed by atoms with Crippen LogP contribution in [0.15, 0.2) is 24.3 Å². The Morgan fingerprint density at radius 1 is 1.36 bits per heavy atom. The van der Waals surface area contributed by atoms with E-state index in [4.69, 9.17) is 16.3 Å². The zero-order valence-electron chi connectivity index (χ0n) is 12.7. The summed E-state index contributed by atoms with van der Waals surface area (Å²) in [4.78, 5) is 2.45. The first-order valence-corrected chi connectivity index (χ1v) is 8.79. The van der Waals surface area contributed by atoms with E-state index in [1.165, 1.54) is 12.8 Å². The molecule has 1 aromatic heterocycles. The van der Waals surface area contributed by atoms with Gasteiger partial charge in [-0.15, -0.1) is 21.5 Å². The van der Waals surface area contributed by atoms with Crippen LogP contribution in [-0.2, 0) is 6.54 Å². The van der Waals surface area contributed by atoms with Gasteiger partial charge in [-0.25, -0.2) is 0 Å². The fourth-order valence-electron chi connectivity index (χ4n) is 2.79. The molecule has 4 nitrogen and oxygen atoms in total. The van der Waals surface area contributed by atoms with Gasteiger partial charge in [0.1, 0.15) is 15.8 Å². The highest BCUT2D eigenvalue weighted by Crippen LogP contribution is 2.25. The van der Waals surface area contributed by atoms with Gasteiger partial charge >= 0.3 is 0 Å². The molecule has 22 heavy (non-hydrogen) atoms. The van der Waals surface area contributed by atoms with Gasteiger partial charge < -0.3 is 4.74 Å². The minimum absolute atomic E-state index is 0.541. The highest BCUT2D eigenvalue weighted by atomic mass is 35.5. The second kappa shape index (κ2) is 7.40. The molecule has 1 aliphatic rings. The predicted octanol–water partition coefficient (Wildman–Crippen LogP) is 3.79. The Hall–Kier alpha value is -1.17. The zero-order valence-corrected chi connectivity index (χ0v) is 14.2. The van der Waals surface area contributed by atoms with Gasteiger partial charge in [-0.2, -0.15) is 0 Å². The van der Waals surface area contributed by atoms with Gasteiger partial charge in [0.25, 0.3) is 0 Å². The lowest BCUT2D eigenvalue weighted by Gasteiger charge is -2.31. The van der Waals surface area contributed by atoms with Crippen molar-refractivity contribution in [1.29, 1.82) is 0 Å². The number of aryl methyl sites for hydroxylation is 1. The van der Waals surface area contributed by atoms with Crippen LogP contribution in [0.2, 0.25) is 5.02 Å². The quantitative estimate of drug-likeness (QED) is 0.832. The molecule has 3 rings (SSSR count). The average molecular weight is 338 g/mol. The molecule has 0 amide bonds. The van der Waals surface area contributed by atoms with Crippen molar-refractivity contribution in [2.75, 3.05) is 19.7 Å². The minimum Gasteiger partial charge on any atom is -0.492 e. The number of rotatable bonds is 5. The van der Waals surface area contributed by atoms with Crippen LogP contribution in [-0.4, -0.2) is 34.8 Å². The van der Waals surface area contributed by atoms with E-state index in [2.05, 4.69) is 15.1 Å². The van der Waals surface area contributed by atoms with E-state index >= 15 is 0 Å². The summed E-state index contributed by atoms with van der Waals surface area (Å²) in [6, 6.07) is 7.66. The molecule has 118 valence electrons. The lowest BCUT2D eigenvalue weighted by atomic mass is 9.99. The fourth-order valence-corrected chi connectivity index (χ4v) is 3.73. The third-order valence-corrected chi connectivity index (χ3v) is 4.98. The summed E-state index contributed by atoms with van der Waals surface area (Å²) in [6.07, 6.45) is 2.41. The Kier molecular flexibility index (Phi) is 5.28. The van der Waals surface area contributed by atoms with E-state index in [1.54, 1.807) is 11.3 Å². The molecule has 1 atom stereocenters. The molecule has 1 fully saturated rings. The number of hydrogen-bond donors (Lipinski definition) is 0. The third kappa shape index (κ3) is 4.18. The van der Waals surface area contributed by atoms with Crippen LogP contribution in [0.3, 0.4) is 0 Å². The van der Waals surface area contributed by atoms with Gasteiger partial charge in [0, 0.05) is 12.5 Å². The smallest absolute Gasteiger partial charge is 0.137 e. The molecule has 2 heterocycles. The maximum atomic E-state index is 6.13. The number of aromatic nitrogens is 2. The molecule has 1 aromatic carbocycles. The van der Waals surface area contributed by atoms with Crippen LogP contribution < -0.4 is 4.74 Å². The van der Waals surface area contributed by atoms with Crippen molar-refractivity contribution >= 4 is 22.9 Å². The largest absolute Gasteiger partial charge is 0.492 e. The van der Waals surface area contributed by atoms with Crippen molar-refractivity contribution in [3.8, 4) is 5.75 Å². The number of benzene rings is 1. The van der Waals surface area contributed by atoms with Crippen molar-refractivity contribution in [3.63, 3.8) is 0 Å². The summed E-state index contributed by atoms with van der Waals surface area (Å²) < 4.78 is 5.89. The number of nitrogens with zero attached hydrogens (tertiary/aromatic N) is 3. The van der Waals surface area contributed by atoms with Gasteiger partial charge in [-0.1, -0.05) is 23.7 Å². The normalized spacial score (nSPS) is 19.3. The van der Waals surface area contributed by atoms with Gasteiger partial charge in [0.05, 0.1) is 18.2 Å². The van der Waals surface area contributed by atoms with E-state index in [1.807, 2.05) is 31.2 Å². The molecule has 1 aliphatic heterocycles. The molecular formula is C16H20ClN3OS. The molecule has 2 aromatic rings. The van der Waals surface area contributed by atoms with E-state index in [0.29, 0.717) is 10.9 Å². The molecular weight excluding hydrogens is 318 g/mol. The van der Waals surface area contributed by atoms with E-state index in [-0.39, 0.29) is 0 Å². The van der Waals surface area contributed by atoms with Gasteiger partial charge in [-0.3, -0.25) is 4.90 Å². The van der Waals surface area contributed by atoms with Gasteiger partial charge in [0.2, 0.25) is 0 Å². The fraction of sp³-hybridized carbons (Fsp3) is 0.500.